The van der Waals surface area contributed by atoms with Crippen molar-refractivity contribution in [2.24, 2.45) is 10.9 Å². The molecule has 228 valence electrons. The fraction of sp³-hybridized carbons (Fsp3) is 0.517. The lowest BCUT2D eigenvalue weighted by atomic mass is 9.88. The first-order valence-corrected chi connectivity index (χ1v) is 15.1. The molecular weight excluding hydrogens is 570 g/mol. The maximum atomic E-state index is 14.5. The summed E-state index contributed by atoms with van der Waals surface area (Å²) in [6, 6.07) is 5.41. The molecule has 0 atom stereocenters. The van der Waals surface area contributed by atoms with Crippen LogP contribution in [0, 0.1) is 11.7 Å². The Bertz CT molecular complexity index is 1470. The molecule has 1 aliphatic carbocycles. The van der Waals surface area contributed by atoms with Gasteiger partial charge in [-0.1, -0.05) is 37.3 Å². The van der Waals surface area contributed by atoms with E-state index in [1.54, 1.807) is 6.07 Å². The molecular formula is C29H37F4N7OS. The molecule has 42 heavy (non-hydrogen) atoms. The second-order valence-corrected chi connectivity index (χ2v) is 11.7. The molecule has 0 unspecified atom stereocenters. The number of likely N-dealkylation sites (N-methyl/N-ethyl adjacent to an activating group) is 1. The first-order valence-electron chi connectivity index (χ1n) is 14.1. The van der Waals surface area contributed by atoms with Gasteiger partial charge in [-0.2, -0.15) is 18.2 Å². The normalized spacial score (nSPS) is 16.0. The second-order valence-electron chi connectivity index (χ2n) is 10.8. The van der Waals surface area contributed by atoms with Crippen molar-refractivity contribution in [3.05, 3.63) is 46.6 Å². The quantitative estimate of drug-likeness (QED) is 0.175. The number of hydrogen-bond acceptors (Lipinski definition) is 8. The number of anilines is 2. The molecule has 2 aromatic heterocycles. The van der Waals surface area contributed by atoms with Gasteiger partial charge in [0.1, 0.15) is 17.3 Å². The van der Waals surface area contributed by atoms with Crippen LogP contribution in [-0.4, -0.2) is 57.3 Å². The van der Waals surface area contributed by atoms with Gasteiger partial charge in [-0.15, -0.1) is 0 Å². The third kappa shape index (κ3) is 7.93. The summed E-state index contributed by atoms with van der Waals surface area (Å²) in [5, 5.41) is 0.567. The maximum Gasteiger partial charge on any atom is 0.389 e. The Balaban J connectivity index is 0.000000279. The molecule has 3 N–H and O–H groups in total. The summed E-state index contributed by atoms with van der Waals surface area (Å²) < 4.78 is 55.1. The molecule has 0 bridgehead atoms. The van der Waals surface area contributed by atoms with Crippen molar-refractivity contribution in [2.45, 2.75) is 64.6 Å². The molecule has 5 rings (SSSR count). The van der Waals surface area contributed by atoms with Gasteiger partial charge in [0.15, 0.2) is 0 Å². The highest BCUT2D eigenvalue weighted by Gasteiger charge is 2.26. The highest BCUT2D eigenvalue weighted by atomic mass is 32.2. The van der Waals surface area contributed by atoms with E-state index in [1.807, 2.05) is 13.8 Å². The van der Waals surface area contributed by atoms with Crippen molar-refractivity contribution in [1.82, 2.24) is 19.4 Å². The standard InChI is InChI=1S/C19H19F4N5OS.C10H18N2/c1-10(2)28-16-12(9-25-18(24)26-16)7-13(17(28)29)11-3-4-15(14(20)8-11)27-30-6-5-19(21,22)23;1-12-8-7-11-10(12)9-5-3-2-4-6-9/h3-4,7-10,27H,5-6H2,1-2H3,(H2,24,25,26);9H,2-8H2,1H3. The van der Waals surface area contributed by atoms with Gasteiger partial charge in [-0.3, -0.25) is 14.4 Å². The van der Waals surface area contributed by atoms with Crippen LogP contribution in [0.5, 0.6) is 0 Å². The Morgan fingerprint density at radius 3 is 2.52 bits per heavy atom. The molecule has 1 aromatic carbocycles. The van der Waals surface area contributed by atoms with E-state index in [1.165, 1.54) is 60.8 Å². The molecule has 1 saturated carbocycles. The van der Waals surface area contributed by atoms with Gasteiger partial charge in [0.2, 0.25) is 5.95 Å². The van der Waals surface area contributed by atoms with Crippen molar-refractivity contribution >= 4 is 40.5 Å². The van der Waals surface area contributed by atoms with Crippen LogP contribution in [0.15, 0.2) is 40.2 Å². The smallest absolute Gasteiger partial charge is 0.368 e. The van der Waals surface area contributed by atoms with Crippen molar-refractivity contribution in [1.29, 1.82) is 0 Å². The number of aliphatic imine (C=N–C) groups is 1. The van der Waals surface area contributed by atoms with E-state index in [4.69, 9.17) is 5.73 Å². The van der Waals surface area contributed by atoms with Gasteiger partial charge >= 0.3 is 6.18 Å². The first kappa shape index (κ1) is 31.6. The number of benzene rings is 1. The minimum Gasteiger partial charge on any atom is -0.368 e. The number of nitrogens with two attached hydrogens (primary N) is 1. The lowest BCUT2D eigenvalue weighted by Crippen LogP contribution is -2.30. The van der Waals surface area contributed by atoms with E-state index in [9.17, 15) is 22.4 Å². The minimum atomic E-state index is -4.27. The number of nitrogen functional groups attached to an aromatic ring is 1. The van der Waals surface area contributed by atoms with Crippen LogP contribution in [-0.2, 0) is 0 Å². The number of fused-ring (bicyclic) bond motifs is 1. The summed E-state index contributed by atoms with van der Waals surface area (Å²) in [5.41, 5.74) is 6.27. The molecule has 2 aliphatic rings. The number of rotatable bonds is 7. The lowest BCUT2D eigenvalue weighted by molar-refractivity contribution is -0.129. The number of pyridine rings is 1. The van der Waals surface area contributed by atoms with E-state index in [0.717, 1.165) is 37.0 Å². The van der Waals surface area contributed by atoms with Gasteiger partial charge < -0.3 is 15.4 Å². The number of amidine groups is 1. The van der Waals surface area contributed by atoms with E-state index >= 15 is 0 Å². The Kier molecular flexibility index (Phi) is 10.3. The SMILES string of the molecule is CC(C)n1c(=O)c(-c2ccc(NSCCC(F)(F)F)c(F)c2)cc2cnc(N)nc21.CN1CCN=C1C1CCCCC1. The maximum absolute atomic E-state index is 14.5. The predicted octanol–water partition coefficient (Wildman–Crippen LogP) is 6.68. The fourth-order valence-electron chi connectivity index (χ4n) is 5.23. The summed E-state index contributed by atoms with van der Waals surface area (Å²) in [7, 11) is 2.18. The van der Waals surface area contributed by atoms with E-state index < -0.39 is 18.4 Å². The minimum absolute atomic E-state index is 0.0343. The van der Waals surface area contributed by atoms with Crippen LogP contribution >= 0.6 is 11.9 Å². The number of alkyl halides is 3. The molecule has 0 saturated heterocycles. The van der Waals surface area contributed by atoms with Gasteiger partial charge in [-0.25, -0.2) is 9.37 Å². The topological polar surface area (TPSA) is 101 Å². The number of nitrogens with one attached hydrogen (secondary N) is 1. The van der Waals surface area contributed by atoms with E-state index in [-0.39, 0.29) is 34.6 Å². The van der Waals surface area contributed by atoms with Gasteiger partial charge in [0.05, 0.1) is 18.7 Å². The summed E-state index contributed by atoms with van der Waals surface area (Å²) in [4.78, 5) is 28.1. The average Bonchev–Trinajstić information content (AvgIpc) is 3.37. The molecule has 1 aliphatic heterocycles. The Morgan fingerprint density at radius 1 is 1.17 bits per heavy atom. The Morgan fingerprint density at radius 2 is 1.90 bits per heavy atom. The molecule has 1 fully saturated rings. The van der Waals surface area contributed by atoms with Crippen LogP contribution < -0.4 is 16.0 Å². The van der Waals surface area contributed by atoms with Crippen LogP contribution in [0.4, 0.5) is 29.2 Å². The molecule has 3 aromatic rings. The molecule has 0 spiro atoms. The van der Waals surface area contributed by atoms with Gasteiger partial charge in [0.25, 0.3) is 5.56 Å². The zero-order valence-electron chi connectivity index (χ0n) is 24.0. The number of aromatic nitrogens is 3. The lowest BCUT2D eigenvalue weighted by Gasteiger charge is -2.26. The Hall–Kier alpha value is -3.35. The third-order valence-corrected chi connectivity index (χ3v) is 8.10. The third-order valence-electron chi connectivity index (χ3n) is 7.33. The van der Waals surface area contributed by atoms with Crippen LogP contribution in [0.3, 0.4) is 0 Å². The Labute approximate surface area is 246 Å². The molecule has 3 heterocycles. The van der Waals surface area contributed by atoms with E-state index in [0.29, 0.717) is 16.6 Å². The molecule has 13 heteroatoms. The van der Waals surface area contributed by atoms with Crippen LogP contribution in [0.25, 0.3) is 22.2 Å². The fourth-order valence-corrected chi connectivity index (χ4v) is 5.99. The van der Waals surface area contributed by atoms with Gasteiger partial charge in [-0.05, 0) is 50.5 Å². The number of halogens is 4. The molecule has 0 amide bonds. The summed E-state index contributed by atoms with van der Waals surface area (Å²) in [6.07, 6.45) is 3.26. The van der Waals surface area contributed by atoms with Gasteiger partial charge in [0, 0.05) is 48.5 Å². The van der Waals surface area contributed by atoms with Crippen LogP contribution in [0.1, 0.15) is 58.4 Å². The van der Waals surface area contributed by atoms with Crippen molar-refractivity contribution in [3.8, 4) is 11.1 Å². The highest BCUT2D eigenvalue weighted by molar-refractivity contribution is 8.00. The monoisotopic (exact) mass is 607 g/mol. The van der Waals surface area contributed by atoms with Crippen molar-refractivity contribution < 1.29 is 17.6 Å². The first-order chi connectivity index (χ1) is 19.9. The molecule has 8 nitrogen and oxygen atoms in total. The van der Waals surface area contributed by atoms with Crippen molar-refractivity contribution in [2.75, 3.05) is 36.3 Å². The number of hydrogen-bond donors (Lipinski definition) is 2. The zero-order valence-corrected chi connectivity index (χ0v) is 24.9. The largest absolute Gasteiger partial charge is 0.389 e. The average molecular weight is 608 g/mol. The van der Waals surface area contributed by atoms with Crippen molar-refractivity contribution in [3.63, 3.8) is 0 Å². The zero-order chi connectivity index (χ0) is 30.4. The highest BCUT2D eigenvalue weighted by Crippen LogP contribution is 2.29. The summed E-state index contributed by atoms with van der Waals surface area (Å²) >= 11 is 0.758. The predicted molar refractivity (Wildman–Crippen MR) is 162 cm³/mol. The van der Waals surface area contributed by atoms with Crippen LogP contribution in [0.2, 0.25) is 0 Å². The number of nitrogens with zero attached hydrogens (tertiary/aromatic N) is 5. The molecule has 0 radical (unpaired) electrons. The second kappa shape index (κ2) is 13.7. The van der Waals surface area contributed by atoms with E-state index in [2.05, 4.69) is 31.6 Å². The summed E-state index contributed by atoms with van der Waals surface area (Å²) in [6.45, 7) is 5.80. The summed E-state index contributed by atoms with van der Waals surface area (Å²) in [5.74, 6) is 1.29.